The molecule has 2 N–H and O–H groups in total. The van der Waals surface area contributed by atoms with Gasteiger partial charge >= 0.3 is 0 Å². The quantitative estimate of drug-likeness (QED) is 0.448. The fraction of sp³-hybridized carbons (Fsp3) is 0.345. The predicted octanol–water partition coefficient (Wildman–Crippen LogP) is 4.97. The summed E-state index contributed by atoms with van der Waals surface area (Å²) in [6.07, 6.45) is 5.59. The molecule has 0 atom stereocenters. The molecule has 1 saturated carbocycles. The molecule has 36 heavy (non-hydrogen) atoms. The van der Waals surface area contributed by atoms with Gasteiger partial charge in [-0.05, 0) is 74.5 Å². The van der Waals surface area contributed by atoms with Crippen molar-refractivity contribution >= 4 is 23.3 Å². The number of ether oxygens (including phenoxy) is 1. The van der Waals surface area contributed by atoms with E-state index in [-0.39, 0.29) is 17.7 Å². The Morgan fingerprint density at radius 1 is 0.917 bits per heavy atom. The Kier molecular flexibility index (Phi) is 7.57. The summed E-state index contributed by atoms with van der Waals surface area (Å²) in [6.45, 7) is 3.83. The second kappa shape index (κ2) is 11.4. The lowest BCUT2D eigenvalue weighted by Gasteiger charge is -2.31. The lowest BCUT2D eigenvalue weighted by Crippen LogP contribution is -2.35. The van der Waals surface area contributed by atoms with Crippen molar-refractivity contribution in [3.63, 3.8) is 0 Å². The van der Waals surface area contributed by atoms with Crippen LogP contribution in [0.5, 0.6) is 5.75 Å². The van der Waals surface area contributed by atoms with Crippen LogP contribution in [0.3, 0.4) is 0 Å². The normalized spacial score (nSPS) is 16.3. The molecule has 1 aliphatic heterocycles. The van der Waals surface area contributed by atoms with Crippen LogP contribution in [-0.4, -0.2) is 41.4 Å². The van der Waals surface area contributed by atoms with Gasteiger partial charge in [-0.1, -0.05) is 36.4 Å². The molecule has 0 bridgehead atoms. The summed E-state index contributed by atoms with van der Waals surface area (Å²) in [7, 11) is 0. The Hall–Kier alpha value is -3.71. The van der Waals surface area contributed by atoms with E-state index in [0.717, 1.165) is 51.1 Å². The molecule has 1 aliphatic carbocycles. The van der Waals surface area contributed by atoms with Crippen molar-refractivity contribution in [2.24, 2.45) is 11.8 Å². The maximum Gasteiger partial charge on any atom is 0.255 e. The molecule has 2 fully saturated rings. The molecule has 0 radical (unpaired) electrons. The number of rotatable bonds is 9. The van der Waals surface area contributed by atoms with Crippen LogP contribution < -0.4 is 15.4 Å². The zero-order chi connectivity index (χ0) is 24.7. The Bertz CT molecular complexity index is 1190. The number of aromatic nitrogens is 1. The van der Waals surface area contributed by atoms with Gasteiger partial charge in [-0.15, -0.1) is 0 Å². The third-order valence-corrected chi connectivity index (χ3v) is 6.76. The molecule has 5 rings (SSSR count). The summed E-state index contributed by atoms with van der Waals surface area (Å²) in [5.41, 5.74) is 2.46. The SMILES string of the molecule is O=C(Nc1cccc(OCC2CCN(Cc3ccccc3)CC2)c1)c1ccnc(NC(=O)C2CC2)c1. The molecular formula is C29H32N4O3. The Morgan fingerprint density at radius 2 is 1.72 bits per heavy atom. The standard InChI is InChI=1S/C29H32N4O3/c34-28(23-9-10-23)32-27-17-24(11-14-30-27)29(35)31-25-7-4-8-26(18-25)36-20-22-12-15-33(16-13-22)19-21-5-2-1-3-6-21/h1-8,11,14,17-18,22-23H,9-10,12-13,15-16,19-20H2,(H,31,35)(H,30,32,34). The first-order chi connectivity index (χ1) is 17.6. The van der Waals surface area contributed by atoms with Gasteiger partial charge in [0.2, 0.25) is 5.91 Å². The molecule has 2 heterocycles. The molecule has 1 saturated heterocycles. The summed E-state index contributed by atoms with van der Waals surface area (Å²) in [6, 6.07) is 21.3. The number of hydrogen-bond acceptors (Lipinski definition) is 5. The van der Waals surface area contributed by atoms with Crippen LogP contribution in [0, 0.1) is 11.8 Å². The second-order valence-corrected chi connectivity index (χ2v) is 9.69. The van der Waals surface area contributed by atoms with Crippen molar-refractivity contribution in [3.8, 4) is 5.75 Å². The summed E-state index contributed by atoms with van der Waals surface area (Å²) >= 11 is 0. The van der Waals surface area contributed by atoms with Gasteiger partial charge in [0.1, 0.15) is 11.6 Å². The number of nitrogens with one attached hydrogen (secondary N) is 2. The number of pyridine rings is 1. The fourth-order valence-corrected chi connectivity index (χ4v) is 4.45. The average Bonchev–Trinajstić information content (AvgIpc) is 3.75. The molecule has 3 aromatic rings. The first-order valence-corrected chi connectivity index (χ1v) is 12.7. The van der Waals surface area contributed by atoms with E-state index in [9.17, 15) is 9.59 Å². The van der Waals surface area contributed by atoms with E-state index in [0.29, 0.717) is 29.6 Å². The van der Waals surface area contributed by atoms with Crippen molar-refractivity contribution in [2.45, 2.75) is 32.2 Å². The Morgan fingerprint density at radius 3 is 2.50 bits per heavy atom. The molecule has 2 amide bonds. The van der Waals surface area contributed by atoms with Crippen molar-refractivity contribution in [1.82, 2.24) is 9.88 Å². The molecule has 0 spiro atoms. The molecule has 7 heteroatoms. The van der Waals surface area contributed by atoms with Crippen molar-refractivity contribution < 1.29 is 14.3 Å². The van der Waals surface area contributed by atoms with E-state index in [2.05, 4.69) is 50.8 Å². The highest BCUT2D eigenvalue weighted by molar-refractivity contribution is 6.05. The van der Waals surface area contributed by atoms with Gasteiger partial charge in [-0.25, -0.2) is 4.98 Å². The maximum atomic E-state index is 12.8. The predicted molar refractivity (Wildman–Crippen MR) is 140 cm³/mol. The highest BCUT2D eigenvalue weighted by Crippen LogP contribution is 2.30. The summed E-state index contributed by atoms with van der Waals surface area (Å²) in [5, 5.41) is 5.70. The van der Waals surface area contributed by atoms with Gasteiger partial charge < -0.3 is 15.4 Å². The zero-order valence-electron chi connectivity index (χ0n) is 20.4. The zero-order valence-corrected chi connectivity index (χ0v) is 20.4. The first kappa shape index (κ1) is 24.0. The van der Waals surface area contributed by atoms with Gasteiger partial charge in [-0.3, -0.25) is 14.5 Å². The van der Waals surface area contributed by atoms with Crippen LogP contribution in [0.15, 0.2) is 72.9 Å². The van der Waals surface area contributed by atoms with Gasteiger partial charge in [0, 0.05) is 36.0 Å². The third-order valence-electron chi connectivity index (χ3n) is 6.76. The summed E-state index contributed by atoms with van der Waals surface area (Å²) in [4.78, 5) is 31.4. The molecular weight excluding hydrogens is 452 g/mol. The number of carbonyl (C=O) groups excluding carboxylic acids is 2. The van der Waals surface area contributed by atoms with Crippen LogP contribution >= 0.6 is 0 Å². The second-order valence-electron chi connectivity index (χ2n) is 9.69. The fourth-order valence-electron chi connectivity index (χ4n) is 4.45. The lowest BCUT2D eigenvalue weighted by atomic mass is 9.97. The minimum absolute atomic E-state index is 0.0354. The summed E-state index contributed by atoms with van der Waals surface area (Å²) < 4.78 is 6.09. The molecule has 1 aromatic heterocycles. The van der Waals surface area contributed by atoms with Crippen molar-refractivity contribution in [2.75, 3.05) is 30.3 Å². The maximum absolute atomic E-state index is 12.8. The highest BCUT2D eigenvalue weighted by Gasteiger charge is 2.29. The van der Waals surface area contributed by atoms with E-state index in [1.807, 2.05) is 24.3 Å². The largest absolute Gasteiger partial charge is 0.493 e. The van der Waals surface area contributed by atoms with Crippen LogP contribution in [0.25, 0.3) is 0 Å². The summed E-state index contributed by atoms with van der Waals surface area (Å²) in [5.74, 6) is 1.44. The third kappa shape index (κ3) is 6.70. The van der Waals surface area contributed by atoms with E-state index < -0.39 is 0 Å². The van der Waals surface area contributed by atoms with Crippen molar-refractivity contribution in [1.29, 1.82) is 0 Å². The average molecular weight is 485 g/mol. The van der Waals surface area contributed by atoms with Gasteiger partial charge in [-0.2, -0.15) is 0 Å². The number of likely N-dealkylation sites (tertiary alicyclic amines) is 1. The number of carbonyl (C=O) groups is 2. The number of amides is 2. The Labute approximate surface area is 211 Å². The van der Waals surface area contributed by atoms with E-state index in [1.54, 1.807) is 12.1 Å². The van der Waals surface area contributed by atoms with E-state index >= 15 is 0 Å². The monoisotopic (exact) mass is 484 g/mol. The molecule has 0 unspecified atom stereocenters. The molecule has 2 aromatic carbocycles. The van der Waals surface area contributed by atoms with Gasteiger partial charge in [0.25, 0.3) is 5.91 Å². The number of anilines is 2. The molecule has 186 valence electrons. The topological polar surface area (TPSA) is 83.6 Å². The smallest absolute Gasteiger partial charge is 0.255 e. The van der Waals surface area contributed by atoms with Crippen LogP contribution in [0.2, 0.25) is 0 Å². The van der Waals surface area contributed by atoms with E-state index in [4.69, 9.17) is 4.74 Å². The van der Waals surface area contributed by atoms with Crippen LogP contribution in [-0.2, 0) is 11.3 Å². The Balaban J connectivity index is 1.09. The van der Waals surface area contributed by atoms with Gasteiger partial charge in [0.05, 0.1) is 6.61 Å². The molecule has 7 nitrogen and oxygen atoms in total. The number of piperidine rings is 1. The van der Waals surface area contributed by atoms with Crippen molar-refractivity contribution in [3.05, 3.63) is 84.1 Å². The molecule has 2 aliphatic rings. The van der Waals surface area contributed by atoms with E-state index in [1.165, 1.54) is 11.8 Å². The van der Waals surface area contributed by atoms with Crippen LogP contribution in [0.1, 0.15) is 41.6 Å². The minimum atomic E-state index is -0.262. The number of hydrogen-bond donors (Lipinski definition) is 2. The lowest BCUT2D eigenvalue weighted by molar-refractivity contribution is -0.117. The number of benzene rings is 2. The first-order valence-electron chi connectivity index (χ1n) is 12.7. The number of nitrogens with zero attached hydrogens (tertiary/aromatic N) is 2. The van der Waals surface area contributed by atoms with Crippen LogP contribution in [0.4, 0.5) is 11.5 Å². The minimum Gasteiger partial charge on any atom is -0.493 e. The highest BCUT2D eigenvalue weighted by atomic mass is 16.5. The van der Waals surface area contributed by atoms with Gasteiger partial charge in [0.15, 0.2) is 0 Å².